The highest BCUT2D eigenvalue weighted by Crippen LogP contribution is 2.61. The van der Waals surface area contributed by atoms with Crippen molar-refractivity contribution in [2.45, 2.75) is 59.0 Å². The van der Waals surface area contributed by atoms with Crippen molar-refractivity contribution in [3.05, 3.63) is 59.2 Å². The first kappa shape index (κ1) is 27.8. The summed E-state index contributed by atoms with van der Waals surface area (Å²) in [4.78, 5) is 35.6. The zero-order chi connectivity index (χ0) is 28.9. The van der Waals surface area contributed by atoms with Gasteiger partial charge in [0.05, 0.1) is 24.3 Å². The Hall–Kier alpha value is -3.39. The second kappa shape index (κ2) is 10.8. The number of guanidine groups is 1. The lowest BCUT2D eigenvalue weighted by molar-refractivity contribution is -0.108. The molecule has 0 unspecified atom stereocenters. The van der Waals surface area contributed by atoms with Crippen LogP contribution in [0.4, 0.5) is 5.69 Å². The highest BCUT2D eigenvalue weighted by molar-refractivity contribution is 6.22. The molecule has 8 heteroatoms. The van der Waals surface area contributed by atoms with Crippen LogP contribution in [0, 0.1) is 23.2 Å². The van der Waals surface area contributed by atoms with Crippen molar-refractivity contribution in [3.63, 3.8) is 0 Å². The summed E-state index contributed by atoms with van der Waals surface area (Å²) >= 11 is 0. The number of fused-ring (bicyclic) bond motifs is 3. The van der Waals surface area contributed by atoms with Crippen molar-refractivity contribution in [2.24, 2.45) is 28.2 Å². The van der Waals surface area contributed by atoms with Crippen molar-refractivity contribution < 1.29 is 14.3 Å². The molecule has 218 valence electrons. The molecule has 3 saturated carbocycles. The van der Waals surface area contributed by atoms with Gasteiger partial charge < -0.3 is 20.3 Å². The number of hydrogen-bond donors (Lipinski definition) is 2. The third-order valence-corrected chi connectivity index (χ3v) is 10.3. The van der Waals surface area contributed by atoms with E-state index in [1.54, 1.807) is 13.2 Å². The molecule has 3 aliphatic carbocycles. The van der Waals surface area contributed by atoms with E-state index in [0.717, 1.165) is 54.9 Å². The number of imide groups is 1. The molecule has 2 aliphatic heterocycles. The fraction of sp³-hybridized carbons (Fsp3) is 0.545. The van der Waals surface area contributed by atoms with E-state index in [1.807, 2.05) is 36.4 Å². The van der Waals surface area contributed by atoms with Gasteiger partial charge in [-0.05, 0) is 85.3 Å². The van der Waals surface area contributed by atoms with Gasteiger partial charge in [-0.1, -0.05) is 32.9 Å². The summed E-state index contributed by atoms with van der Waals surface area (Å²) in [6, 6.07) is 13.9. The summed E-state index contributed by atoms with van der Waals surface area (Å²) in [6.45, 7) is 12.4. The van der Waals surface area contributed by atoms with Gasteiger partial charge >= 0.3 is 0 Å². The molecule has 5 atom stereocenters. The molecule has 8 nitrogen and oxygen atoms in total. The molecule has 5 aliphatic rings. The van der Waals surface area contributed by atoms with E-state index >= 15 is 0 Å². The van der Waals surface area contributed by atoms with Gasteiger partial charge in [-0.15, -0.1) is 0 Å². The van der Waals surface area contributed by atoms with Crippen LogP contribution in [0.1, 0.15) is 66.8 Å². The fourth-order valence-electron chi connectivity index (χ4n) is 7.50. The molecule has 0 radical (unpaired) electrons. The van der Waals surface area contributed by atoms with Crippen LogP contribution in [0.3, 0.4) is 0 Å². The number of ether oxygens (including phenoxy) is 1. The maximum atomic E-state index is 13.4. The van der Waals surface area contributed by atoms with Gasteiger partial charge in [0.1, 0.15) is 5.75 Å². The number of carbonyl (C=O) groups is 2. The Labute approximate surface area is 243 Å². The third-order valence-electron chi connectivity index (χ3n) is 10.3. The number of anilines is 1. The molecular formula is C33H43N5O3. The molecule has 1 saturated heterocycles. The van der Waals surface area contributed by atoms with Crippen molar-refractivity contribution >= 4 is 23.5 Å². The summed E-state index contributed by atoms with van der Waals surface area (Å²) in [6.07, 6.45) is 3.04. The van der Waals surface area contributed by atoms with Gasteiger partial charge in [0, 0.05) is 37.9 Å². The molecule has 2 N–H and O–H groups in total. The lowest BCUT2D eigenvalue weighted by Crippen LogP contribution is -2.57. The van der Waals surface area contributed by atoms with E-state index in [2.05, 4.69) is 43.2 Å². The molecule has 0 spiro atoms. The van der Waals surface area contributed by atoms with Crippen molar-refractivity contribution in [1.29, 1.82) is 0 Å². The lowest BCUT2D eigenvalue weighted by atomic mass is 9.45. The fourth-order valence-corrected chi connectivity index (χ4v) is 7.50. The molecule has 2 amide bonds. The SMILES string of the molecule is COc1ccc(CCN2C(=O)c3ccc(NC(=N[C@H]4C[C@H]5C[C@@H]([C@@H]4C)C5(C)C)N4CCN[C@@H](C)C4)cc3C2=O)cc1. The number of methoxy groups -OCH3 is 1. The molecular weight excluding hydrogens is 514 g/mol. The first-order valence-corrected chi connectivity index (χ1v) is 15.1. The maximum absolute atomic E-state index is 13.4. The molecule has 2 aromatic rings. The summed E-state index contributed by atoms with van der Waals surface area (Å²) < 4.78 is 5.23. The minimum absolute atomic E-state index is 0.229. The zero-order valence-electron chi connectivity index (χ0n) is 24.9. The van der Waals surface area contributed by atoms with E-state index in [0.29, 0.717) is 47.4 Å². The maximum Gasteiger partial charge on any atom is 0.261 e. The van der Waals surface area contributed by atoms with Gasteiger partial charge in [0.2, 0.25) is 0 Å². The number of piperazine rings is 1. The Bertz CT molecular complexity index is 1350. The van der Waals surface area contributed by atoms with Crippen LogP contribution in [0.15, 0.2) is 47.5 Å². The lowest BCUT2D eigenvalue weighted by Gasteiger charge is -2.61. The predicted molar refractivity (Wildman–Crippen MR) is 162 cm³/mol. The standard InChI is InChI=1S/C33H43N5O3/c1-20-19-37(15-13-34-20)32(36-29-17-23-16-28(21(29)2)33(23,3)4)35-24-8-11-26-27(18-24)31(40)38(30(26)39)14-12-22-6-9-25(41-5)10-7-22/h6-11,18,20-21,23,28-29,34H,12-17,19H2,1-5H3,(H,35,36)/t20-,21-,23+,28-,29-/m0/s1. The summed E-state index contributed by atoms with van der Waals surface area (Å²) in [5.41, 5.74) is 3.17. The number of rotatable bonds is 6. The second-order valence-electron chi connectivity index (χ2n) is 13.0. The number of nitrogens with one attached hydrogen (secondary N) is 2. The normalized spacial score (nSPS) is 28.8. The number of hydrogen-bond acceptors (Lipinski definition) is 5. The van der Waals surface area contributed by atoms with Crippen molar-refractivity contribution in [3.8, 4) is 5.75 Å². The van der Waals surface area contributed by atoms with Gasteiger partial charge in [0.15, 0.2) is 5.96 Å². The summed E-state index contributed by atoms with van der Waals surface area (Å²) in [7, 11) is 1.63. The van der Waals surface area contributed by atoms with Gasteiger partial charge in [-0.25, -0.2) is 4.99 Å². The van der Waals surface area contributed by atoms with Crippen LogP contribution in [0.25, 0.3) is 0 Å². The molecule has 2 bridgehead atoms. The number of benzene rings is 2. The van der Waals surface area contributed by atoms with Crippen LogP contribution in [-0.2, 0) is 6.42 Å². The second-order valence-corrected chi connectivity index (χ2v) is 13.0. The van der Waals surface area contributed by atoms with Crippen LogP contribution in [-0.4, -0.2) is 72.9 Å². The highest BCUT2D eigenvalue weighted by Gasteiger charge is 2.56. The van der Waals surface area contributed by atoms with Crippen molar-refractivity contribution in [1.82, 2.24) is 15.1 Å². The van der Waals surface area contributed by atoms with E-state index in [-0.39, 0.29) is 17.9 Å². The van der Waals surface area contributed by atoms with Crippen LogP contribution >= 0.6 is 0 Å². The zero-order valence-corrected chi connectivity index (χ0v) is 24.9. The Balaban J connectivity index is 1.20. The molecule has 41 heavy (non-hydrogen) atoms. The largest absolute Gasteiger partial charge is 0.497 e. The Morgan fingerprint density at radius 2 is 1.83 bits per heavy atom. The summed E-state index contributed by atoms with van der Waals surface area (Å²) in [5, 5.41) is 7.12. The van der Waals surface area contributed by atoms with Crippen LogP contribution < -0.4 is 15.4 Å². The Kier molecular flexibility index (Phi) is 7.30. The van der Waals surface area contributed by atoms with E-state index in [4.69, 9.17) is 9.73 Å². The van der Waals surface area contributed by atoms with Gasteiger partial charge in [-0.3, -0.25) is 14.5 Å². The molecule has 2 heterocycles. The first-order chi connectivity index (χ1) is 19.7. The average molecular weight is 558 g/mol. The Morgan fingerprint density at radius 1 is 1.07 bits per heavy atom. The molecule has 2 aromatic carbocycles. The molecule has 0 aromatic heterocycles. The smallest absolute Gasteiger partial charge is 0.261 e. The minimum atomic E-state index is -0.236. The van der Waals surface area contributed by atoms with E-state index in [1.165, 1.54) is 11.3 Å². The number of nitrogens with zero attached hydrogens (tertiary/aromatic N) is 3. The summed E-state index contributed by atoms with van der Waals surface area (Å²) in [5.74, 6) is 3.17. The average Bonchev–Trinajstić information content (AvgIpc) is 3.20. The van der Waals surface area contributed by atoms with Gasteiger partial charge in [0.25, 0.3) is 11.8 Å². The van der Waals surface area contributed by atoms with Crippen molar-refractivity contribution in [2.75, 3.05) is 38.6 Å². The minimum Gasteiger partial charge on any atom is -0.497 e. The molecule has 4 fully saturated rings. The third kappa shape index (κ3) is 5.11. The monoisotopic (exact) mass is 557 g/mol. The van der Waals surface area contributed by atoms with E-state index < -0.39 is 0 Å². The van der Waals surface area contributed by atoms with Crippen LogP contribution in [0.5, 0.6) is 5.75 Å². The van der Waals surface area contributed by atoms with Gasteiger partial charge in [-0.2, -0.15) is 0 Å². The molecule has 7 rings (SSSR count). The predicted octanol–water partition coefficient (Wildman–Crippen LogP) is 4.67. The Morgan fingerprint density at radius 3 is 2.51 bits per heavy atom. The quantitative estimate of drug-likeness (QED) is 0.305. The number of aliphatic imine (C=N–C) groups is 1. The topological polar surface area (TPSA) is 86.3 Å². The number of amides is 2. The van der Waals surface area contributed by atoms with Crippen LogP contribution in [0.2, 0.25) is 0 Å². The van der Waals surface area contributed by atoms with E-state index in [9.17, 15) is 9.59 Å². The highest BCUT2D eigenvalue weighted by atomic mass is 16.5. The number of carbonyl (C=O) groups excluding carboxylic acids is 2. The first-order valence-electron chi connectivity index (χ1n) is 15.1.